The van der Waals surface area contributed by atoms with Crippen LogP contribution >= 0.6 is 0 Å². The summed E-state index contributed by atoms with van der Waals surface area (Å²) in [5.74, 6) is 0. The Balaban J connectivity index is 4.32. The second-order valence-electron chi connectivity index (χ2n) is 6.81. The van der Waals surface area contributed by atoms with Gasteiger partial charge in [-0.25, -0.2) is 13.1 Å². The van der Waals surface area contributed by atoms with E-state index in [4.69, 9.17) is 0 Å². The predicted octanol–water partition coefficient (Wildman–Crippen LogP) is 2.26. The highest BCUT2D eigenvalue weighted by atomic mass is 32.2. The molecule has 4 nitrogen and oxygen atoms in total. The third-order valence-electron chi connectivity index (χ3n) is 2.75. The Morgan fingerprint density at radius 1 is 1.06 bits per heavy atom. The van der Waals surface area contributed by atoms with Crippen molar-refractivity contribution in [3.63, 3.8) is 0 Å². The van der Waals surface area contributed by atoms with Gasteiger partial charge in [-0.15, -0.1) is 0 Å². The van der Waals surface area contributed by atoms with Crippen molar-refractivity contribution in [2.75, 3.05) is 6.54 Å². The van der Waals surface area contributed by atoms with Crippen molar-refractivity contribution in [2.45, 2.75) is 77.6 Å². The fourth-order valence-electron chi connectivity index (χ4n) is 1.49. The second kappa shape index (κ2) is 6.35. The Labute approximate surface area is 113 Å². The van der Waals surface area contributed by atoms with Crippen molar-refractivity contribution in [2.24, 2.45) is 0 Å². The molecule has 0 spiro atoms. The largest absolute Gasteiger partial charge is 0.315 e. The molecule has 0 atom stereocenters. The summed E-state index contributed by atoms with van der Waals surface area (Å²) < 4.78 is 26.2. The van der Waals surface area contributed by atoms with E-state index in [0.717, 1.165) is 19.4 Å². The molecule has 0 saturated carbocycles. The van der Waals surface area contributed by atoms with E-state index in [-0.39, 0.29) is 0 Å². The van der Waals surface area contributed by atoms with Crippen LogP contribution in [0.25, 0.3) is 0 Å². The maximum absolute atomic E-state index is 12.1. The maximum atomic E-state index is 12.1. The van der Waals surface area contributed by atoms with Crippen molar-refractivity contribution in [1.29, 1.82) is 0 Å². The molecule has 0 aromatic rings. The summed E-state index contributed by atoms with van der Waals surface area (Å²) in [6.45, 7) is 14.1. The molecule has 0 aliphatic heterocycles. The molecule has 0 amide bonds. The molecule has 18 heavy (non-hydrogen) atoms. The van der Waals surface area contributed by atoms with Gasteiger partial charge in [0.25, 0.3) is 0 Å². The highest BCUT2D eigenvalue weighted by Crippen LogP contribution is 2.19. The van der Waals surface area contributed by atoms with Crippen LogP contribution in [-0.2, 0) is 10.0 Å². The summed E-state index contributed by atoms with van der Waals surface area (Å²) in [7, 11) is -3.28. The Kier molecular flexibility index (Phi) is 6.30. The van der Waals surface area contributed by atoms with Crippen LogP contribution in [0.5, 0.6) is 0 Å². The van der Waals surface area contributed by atoms with Gasteiger partial charge in [0.15, 0.2) is 0 Å². The van der Waals surface area contributed by atoms with E-state index < -0.39 is 20.3 Å². The summed E-state index contributed by atoms with van der Waals surface area (Å²) in [5.41, 5.74) is -0.398. The highest BCUT2D eigenvalue weighted by Gasteiger charge is 2.33. The van der Waals surface area contributed by atoms with Gasteiger partial charge < -0.3 is 5.32 Å². The zero-order valence-corrected chi connectivity index (χ0v) is 13.7. The fraction of sp³-hybridized carbons (Fsp3) is 1.00. The Morgan fingerprint density at radius 3 is 1.94 bits per heavy atom. The molecule has 2 N–H and O–H groups in total. The van der Waals surface area contributed by atoms with Gasteiger partial charge in [-0.3, -0.25) is 0 Å². The van der Waals surface area contributed by atoms with Crippen LogP contribution < -0.4 is 10.0 Å². The summed E-state index contributed by atoms with van der Waals surface area (Å²) in [6, 6.07) is 0.472. The minimum Gasteiger partial charge on any atom is -0.315 e. The Bertz CT molecular complexity index is 340. The molecular formula is C13H30N2O2S. The Morgan fingerprint density at radius 2 is 1.56 bits per heavy atom. The van der Waals surface area contributed by atoms with Crippen molar-refractivity contribution >= 4 is 10.0 Å². The van der Waals surface area contributed by atoms with E-state index >= 15 is 0 Å². The summed E-state index contributed by atoms with van der Waals surface area (Å²) in [5, 5.41) is 3.33. The zero-order valence-electron chi connectivity index (χ0n) is 12.9. The van der Waals surface area contributed by atoms with Gasteiger partial charge in [0, 0.05) is 11.6 Å². The monoisotopic (exact) mass is 278 g/mol. The van der Waals surface area contributed by atoms with E-state index in [1.165, 1.54) is 0 Å². The van der Waals surface area contributed by atoms with Crippen LogP contribution in [0.2, 0.25) is 0 Å². The van der Waals surface area contributed by atoms with Crippen LogP contribution in [0, 0.1) is 0 Å². The lowest BCUT2D eigenvalue weighted by Crippen LogP contribution is -2.50. The SMILES string of the molecule is CC(C)NCCCC(C)(C)NS(=O)(=O)C(C)(C)C. The van der Waals surface area contributed by atoms with Gasteiger partial charge in [-0.1, -0.05) is 13.8 Å². The zero-order chi connectivity index (χ0) is 14.6. The number of hydrogen-bond acceptors (Lipinski definition) is 3. The van der Waals surface area contributed by atoms with Crippen molar-refractivity contribution in [1.82, 2.24) is 10.0 Å². The number of rotatable bonds is 7. The molecular weight excluding hydrogens is 248 g/mol. The first-order valence-electron chi connectivity index (χ1n) is 6.64. The van der Waals surface area contributed by atoms with E-state index in [9.17, 15) is 8.42 Å². The lowest BCUT2D eigenvalue weighted by molar-refractivity contribution is 0.394. The first-order chi connectivity index (χ1) is 7.87. The first kappa shape index (κ1) is 17.9. The van der Waals surface area contributed by atoms with E-state index in [0.29, 0.717) is 6.04 Å². The lowest BCUT2D eigenvalue weighted by Gasteiger charge is -2.30. The van der Waals surface area contributed by atoms with Gasteiger partial charge in [-0.2, -0.15) is 0 Å². The van der Waals surface area contributed by atoms with Crippen LogP contribution in [0.4, 0.5) is 0 Å². The molecule has 0 fully saturated rings. The molecule has 0 aromatic carbocycles. The summed E-state index contributed by atoms with van der Waals surface area (Å²) in [6.07, 6.45) is 1.78. The van der Waals surface area contributed by atoms with Crippen LogP contribution in [-0.4, -0.2) is 31.3 Å². The van der Waals surface area contributed by atoms with Crippen molar-refractivity contribution in [3.05, 3.63) is 0 Å². The van der Waals surface area contributed by atoms with E-state index in [1.54, 1.807) is 20.8 Å². The number of sulfonamides is 1. The standard InChI is InChI=1S/C13H30N2O2S/c1-11(2)14-10-8-9-13(6,7)15-18(16,17)12(3,4)5/h11,14-15H,8-10H2,1-7H3. The molecule has 5 heteroatoms. The van der Waals surface area contributed by atoms with Crippen molar-refractivity contribution in [3.8, 4) is 0 Å². The van der Waals surface area contributed by atoms with Gasteiger partial charge in [0.1, 0.15) is 0 Å². The van der Waals surface area contributed by atoms with Crippen LogP contribution in [0.3, 0.4) is 0 Å². The predicted molar refractivity (Wildman–Crippen MR) is 78.3 cm³/mol. The summed E-state index contributed by atoms with van der Waals surface area (Å²) in [4.78, 5) is 0. The molecule has 0 radical (unpaired) electrons. The average Bonchev–Trinajstić information content (AvgIpc) is 2.08. The van der Waals surface area contributed by atoms with E-state index in [1.807, 2.05) is 13.8 Å². The minimum atomic E-state index is -3.28. The quantitative estimate of drug-likeness (QED) is 0.702. The molecule has 0 heterocycles. The topological polar surface area (TPSA) is 58.2 Å². The average molecular weight is 278 g/mol. The van der Waals surface area contributed by atoms with Gasteiger partial charge in [0.05, 0.1) is 4.75 Å². The second-order valence-corrected chi connectivity index (χ2v) is 9.25. The van der Waals surface area contributed by atoms with Crippen LogP contribution in [0.15, 0.2) is 0 Å². The number of hydrogen-bond donors (Lipinski definition) is 2. The molecule has 0 aliphatic carbocycles. The third-order valence-corrected chi connectivity index (χ3v) is 5.18. The van der Waals surface area contributed by atoms with Crippen molar-refractivity contribution < 1.29 is 8.42 Å². The Hall–Kier alpha value is -0.130. The molecule has 0 rings (SSSR count). The van der Waals surface area contributed by atoms with E-state index in [2.05, 4.69) is 23.9 Å². The molecule has 0 saturated heterocycles. The fourth-order valence-corrected chi connectivity index (χ4v) is 2.62. The smallest absolute Gasteiger partial charge is 0.217 e. The number of nitrogens with one attached hydrogen (secondary N) is 2. The van der Waals surface area contributed by atoms with Gasteiger partial charge in [-0.05, 0) is 54.0 Å². The molecule has 0 bridgehead atoms. The molecule has 110 valence electrons. The highest BCUT2D eigenvalue weighted by molar-refractivity contribution is 7.90. The first-order valence-corrected chi connectivity index (χ1v) is 8.13. The summed E-state index contributed by atoms with van der Waals surface area (Å²) >= 11 is 0. The molecule has 0 aliphatic rings. The van der Waals surface area contributed by atoms with Gasteiger partial charge in [0.2, 0.25) is 10.0 Å². The minimum absolute atomic E-state index is 0.398. The molecule has 0 unspecified atom stereocenters. The van der Waals surface area contributed by atoms with Gasteiger partial charge >= 0.3 is 0 Å². The maximum Gasteiger partial charge on any atom is 0.217 e. The molecule has 0 aromatic heterocycles. The lowest BCUT2D eigenvalue weighted by atomic mass is 10.0. The van der Waals surface area contributed by atoms with Crippen LogP contribution in [0.1, 0.15) is 61.3 Å². The third kappa shape index (κ3) is 6.71. The normalized spacial score (nSPS) is 14.2.